The van der Waals surface area contributed by atoms with Crippen molar-refractivity contribution in [2.75, 3.05) is 6.61 Å². The minimum atomic E-state index is 0.544. The van der Waals surface area contributed by atoms with Crippen LogP contribution in [0.1, 0.15) is 31.5 Å². The first-order valence-electron chi connectivity index (χ1n) is 7.77. The highest BCUT2D eigenvalue weighted by molar-refractivity contribution is 5.94. The first-order chi connectivity index (χ1) is 10.2. The standard InChI is InChI=1S/C18H20N2O/c1-12(2)11-21-13-6-7-17-15(10-13)14-4-3-5-16-18(14)20(17)9-8-19-16/h6-10,12H,3-5,11H2,1-2H3. The number of ether oxygens (including phenoxy) is 1. The lowest BCUT2D eigenvalue weighted by Gasteiger charge is -2.11. The summed E-state index contributed by atoms with van der Waals surface area (Å²) in [6, 6.07) is 6.46. The number of nitrogens with zero attached hydrogens (tertiary/aromatic N) is 2. The molecule has 0 saturated carbocycles. The quantitative estimate of drug-likeness (QED) is 0.724. The number of hydrogen-bond donors (Lipinski definition) is 0. The molecule has 0 amide bonds. The summed E-state index contributed by atoms with van der Waals surface area (Å²) in [5, 5.41) is 1.32. The van der Waals surface area contributed by atoms with Gasteiger partial charge in [-0.3, -0.25) is 4.98 Å². The van der Waals surface area contributed by atoms with Gasteiger partial charge in [-0.15, -0.1) is 0 Å². The third-order valence-electron chi connectivity index (χ3n) is 4.22. The summed E-state index contributed by atoms with van der Waals surface area (Å²) in [5.41, 5.74) is 5.26. The Morgan fingerprint density at radius 3 is 3.05 bits per heavy atom. The Balaban J connectivity index is 1.91. The molecule has 4 rings (SSSR count). The van der Waals surface area contributed by atoms with Crippen molar-refractivity contribution in [3.8, 4) is 5.75 Å². The average Bonchev–Trinajstić information content (AvgIpc) is 2.82. The Labute approximate surface area is 124 Å². The summed E-state index contributed by atoms with van der Waals surface area (Å²) in [4.78, 5) is 4.56. The summed E-state index contributed by atoms with van der Waals surface area (Å²) < 4.78 is 8.18. The third-order valence-corrected chi connectivity index (χ3v) is 4.22. The van der Waals surface area contributed by atoms with E-state index in [-0.39, 0.29) is 0 Å². The predicted octanol–water partition coefficient (Wildman–Crippen LogP) is 4.01. The molecule has 2 aromatic heterocycles. The molecule has 3 nitrogen and oxygen atoms in total. The molecule has 3 heteroatoms. The third kappa shape index (κ3) is 1.99. The van der Waals surface area contributed by atoms with Crippen molar-refractivity contribution in [2.45, 2.75) is 33.1 Å². The molecule has 3 aromatic rings. The highest BCUT2D eigenvalue weighted by atomic mass is 16.5. The van der Waals surface area contributed by atoms with Crippen molar-refractivity contribution >= 4 is 16.4 Å². The van der Waals surface area contributed by atoms with Crippen LogP contribution in [0.4, 0.5) is 0 Å². The predicted molar refractivity (Wildman–Crippen MR) is 85.1 cm³/mol. The number of aryl methyl sites for hydroxylation is 2. The second-order valence-electron chi connectivity index (χ2n) is 6.31. The molecule has 0 N–H and O–H groups in total. The molecular weight excluding hydrogens is 260 g/mol. The molecule has 0 atom stereocenters. The molecule has 1 aliphatic carbocycles. The summed E-state index contributed by atoms with van der Waals surface area (Å²) in [5.74, 6) is 1.52. The van der Waals surface area contributed by atoms with Gasteiger partial charge in [0.05, 0.1) is 23.3 Å². The van der Waals surface area contributed by atoms with Gasteiger partial charge in [-0.2, -0.15) is 0 Å². The summed E-state index contributed by atoms with van der Waals surface area (Å²) in [6.45, 7) is 5.11. The van der Waals surface area contributed by atoms with E-state index in [2.05, 4.69) is 47.6 Å². The van der Waals surface area contributed by atoms with Gasteiger partial charge < -0.3 is 9.14 Å². The molecule has 0 bridgehead atoms. The molecule has 0 radical (unpaired) electrons. The molecule has 0 fully saturated rings. The molecule has 0 aliphatic heterocycles. The molecule has 0 saturated heterocycles. The molecule has 1 aromatic carbocycles. The van der Waals surface area contributed by atoms with E-state index in [1.165, 1.54) is 34.1 Å². The lowest BCUT2D eigenvalue weighted by atomic mass is 9.98. The van der Waals surface area contributed by atoms with E-state index in [9.17, 15) is 0 Å². The van der Waals surface area contributed by atoms with Gasteiger partial charge in [-0.1, -0.05) is 13.8 Å². The van der Waals surface area contributed by atoms with Gasteiger partial charge in [0.2, 0.25) is 0 Å². The zero-order valence-electron chi connectivity index (χ0n) is 12.6. The maximum atomic E-state index is 5.89. The van der Waals surface area contributed by atoms with Gasteiger partial charge in [-0.05, 0) is 48.9 Å². The van der Waals surface area contributed by atoms with Crippen molar-refractivity contribution in [1.82, 2.24) is 9.38 Å². The molecule has 21 heavy (non-hydrogen) atoms. The Bertz CT molecular complexity index is 817. The van der Waals surface area contributed by atoms with Gasteiger partial charge in [0.15, 0.2) is 0 Å². The SMILES string of the molecule is CC(C)COc1ccc2c(c1)c1c3c(nccn32)CCC1. The van der Waals surface area contributed by atoms with Crippen LogP contribution in [0.25, 0.3) is 16.4 Å². The molecule has 1 aliphatic rings. The zero-order valence-corrected chi connectivity index (χ0v) is 12.6. The van der Waals surface area contributed by atoms with Gasteiger partial charge in [-0.25, -0.2) is 0 Å². The number of benzene rings is 1. The summed E-state index contributed by atoms with van der Waals surface area (Å²) >= 11 is 0. The first kappa shape index (κ1) is 12.7. The number of fused-ring (bicyclic) bond motifs is 3. The van der Waals surface area contributed by atoms with Crippen LogP contribution in [0.5, 0.6) is 5.75 Å². The van der Waals surface area contributed by atoms with Crippen LogP contribution in [0, 0.1) is 5.92 Å². The lowest BCUT2D eigenvalue weighted by molar-refractivity contribution is 0.271. The number of aromatic nitrogens is 2. The van der Waals surface area contributed by atoms with Crippen LogP contribution in [-0.4, -0.2) is 16.0 Å². The summed E-state index contributed by atoms with van der Waals surface area (Å²) in [7, 11) is 0. The Morgan fingerprint density at radius 1 is 1.29 bits per heavy atom. The van der Waals surface area contributed by atoms with Crippen LogP contribution < -0.4 is 4.74 Å². The Hall–Kier alpha value is -2.03. The molecule has 0 spiro atoms. The number of rotatable bonds is 3. The zero-order chi connectivity index (χ0) is 14.4. The van der Waals surface area contributed by atoms with E-state index in [0.29, 0.717) is 5.92 Å². The monoisotopic (exact) mass is 280 g/mol. The first-order valence-corrected chi connectivity index (χ1v) is 7.77. The molecule has 108 valence electrons. The summed E-state index contributed by atoms with van der Waals surface area (Å²) in [6.07, 6.45) is 7.41. The minimum absolute atomic E-state index is 0.544. The topological polar surface area (TPSA) is 26.5 Å². The van der Waals surface area contributed by atoms with Crippen LogP contribution in [-0.2, 0) is 12.8 Å². The average molecular weight is 280 g/mol. The van der Waals surface area contributed by atoms with E-state index in [1.54, 1.807) is 0 Å². The van der Waals surface area contributed by atoms with Gasteiger partial charge in [0.1, 0.15) is 5.75 Å². The van der Waals surface area contributed by atoms with Crippen molar-refractivity contribution in [3.05, 3.63) is 41.9 Å². The highest BCUT2D eigenvalue weighted by Crippen LogP contribution is 2.34. The fourth-order valence-electron chi connectivity index (χ4n) is 3.30. The van der Waals surface area contributed by atoms with Crippen molar-refractivity contribution in [1.29, 1.82) is 0 Å². The molecular formula is C18H20N2O. The highest BCUT2D eigenvalue weighted by Gasteiger charge is 2.19. The minimum Gasteiger partial charge on any atom is -0.493 e. The van der Waals surface area contributed by atoms with Crippen LogP contribution in [0.15, 0.2) is 30.6 Å². The van der Waals surface area contributed by atoms with Gasteiger partial charge >= 0.3 is 0 Å². The van der Waals surface area contributed by atoms with Crippen molar-refractivity contribution in [3.63, 3.8) is 0 Å². The van der Waals surface area contributed by atoms with E-state index in [4.69, 9.17) is 4.74 Å². The Kier molecular flexibility index (Phi) is 2.88. The number of hydrogen-bond acceptors (Lipinski definition) is 2. The maximum Gasteiger partial charge on any atom is 0.120 e. The lowest BCUT2D eigenvalue weighted by Crippen LogP contribution is -2.04. The van der Waals surface area contributed by atoms with E-state index >= 15 is 0 Å². The largest absolute Gasteiger partial charge is 0.493 e. The molecule has 2 heterocycles. The fourth-order valence-corrected chi connectivity index (χ4v) is 3.30. The van der Waals surface area contributed by atoms with E-state index < -0.39 is 0 Å². The second kappa shape index (κ2) is 4.76. The van der Waals surface area contributed by atoms with Gasteiger partial charge in [0, 0.05) is 17.8 Å². The smallest absolute Gasteiger partial charge is 0.120 e. The Morgan fingerprint density at radius 2 is 2.19 bits per heavy atom. The fraction of sp³-hybridized carbons (Fsp3) is 0.389. The van der Waals surface area contributed by atoms with Crippen molar-refractivity contribution < 1.29 is 4.74 Å². The van der Waals surface area contributed by atoms with Gasteiger partial charge in [0.25, 0.3) is 0 Å². The molecule has 0 unspecified atom stereocenters. The van der Waals surface area contributed by atoms with Crippen LogP contribution in [0.2, 0.25) is 0 Å². The second-order valence-corrected chi connectivity index (χ2v) is 6.31. The van der Waals surface area contributed by atoms with Crippen LogP contribution in [0.3, 0.4) is 0 Å². The maximum absolute atomic E-state index is 5.89. The van der Waals surface area contributed by atoms with E-state index in [1.807, 2.05) is 6.20 Å². The van der Waals surface area contributed by atoms with Crippen LogP contribution >= 0.6 is 0 Å². The van der Waals surface area contributed by atoms with Crippen molar-refractivity contribution in [2.24, 2.45) is 5.92 Å². The normalized spacial score (nSPS) is 14.2. The van der Waals surface area contributed by atoms with E-state index in [0.717, 1.165) is 25.2 Å².